The normalized spacial score (nSPS) is 12.0. The summed E-state index contributed by atoms with van der Waals surface area (Å²) < 4.78 is 13.0. The average Bonchev–Trinajstić information content (AvgIpc) is 3.12. The first-order valence-corrected chi connectivity index (χ1v) is 8.27. The maximum absolute atomic E-state index is 13.0. The Hall–Kier alpha value is -2.95. The first-order valence-electron chi connectivity index (χ1n) is 8.27. The molecule has 1 atom stereocenters. The SMILES string of the molecule is CCc1ccc(-c2[nH]ncc2C(=O)N[C@H](C)c2ccc(F)cc2)cc1. The third-order valence-corrected chi connectivity index (χ3v) is 4.25. The van der Waals surface area contributed by atoms with Gasteiger partial charge in [0.05, 0.1) is 23.5 Å². The second kappa shape index (κ2) is 7.30. The van der Waals surface area contributed by atoms with Crippen LogP contribution in [0.15, 0.2) is 54.7 Å². The number of amides is 1. The number of halogens is 1. The molecule has 1 amide bonds. The monoisotopic (exact) mass is 337 g/mol. The van der Waals surface area contributed by atoms with E-state index in [4.69, 9.17) is 0 Å². The fourth-order valence-corrected chi connectivity index (χ4v) is 2.69. The van der Waals surface area contributed by atoms with Crippen molar-refractivity contribution >= 4 is 5.91 Å². The molecular formula is C20H20FN3O. The van der Waals surface area contributed by atoms with E-state index in [0.29, 0.717) is 11.3 Å². The van der Waals surface area contributed by atoms with Gasteiger partial charge < -0.3 is 5.32 Å². The molecule has 2 aromatic carbocycles. The number of aromatic amines is 1. The van der Waals surface area contributed by atoms with Crippen molar-refractivity contribution in [2.24, 2.45) is 0 Å². The minimum absolute atomic E-state index is 0.222. The van der Waals surface area contributed by atoms with Gasteiger partial charge in [0.2, 0.25) is 0 Å². The van der Waals surface area contributed by atoms with Crippen LogP contribution in [0.5, 0.6) is 0 Å². The summed E-state index contributed by atoms with van der Waals surface area (Å²) in [4.78, 5) is 12.6. The predicted octanol–water partition coefficient (Wildman–Crippen LogP) is 4.27. The van der Waals surface area contributed by atoms with Crippen molar-refractivity contribution in [1.82, 2.24) is 15.5 Å². The first kappa shape index (κ1) is 16.9. The molecule has 0 unspecified atom stereocenters. The maximum Gasteiger partial charge on any atom is 0.255 e. The van der Waals surface area contributed by atoms with E-state index in [1.54, 1.807) is 12.1 Å². The summed E-state index contributed by atoms with van der Waals surface area (Å²) in [5.41, 5.74) is 4.16. The number of nitrogens with one attached hydrogen (secondary N) is 2. The van der Waals surface area contributed by atoms with Crippen LogP contribution in [0.25, 0.3) is 11.3 Å². The molecule has 1 heterocycles. The highest BCUT2D eigenvalue weighted by Crippen LogP contribution is 2.23. The third kappa shape index (κ3) is 3.76. The van der Waals surface area contributed by atoms with Gasteiger partial charge in [0.1, 0.15) is 5.82 Å². The molecule has 5 heteroatoms. The third-order valence-electron chi connectivity index (χ3n) is 4.25. The Morgan fingerprint density at radius 3 is 2.48 bits per heavy atom. The Morgan fingerprint density at radius 2 is 1.84 bits per heavy atom. The van der Waals surface area contributed by atoms with Gasteiger partial charge in [-0.15, -0.1) is 0 Å². The second-order valence-electron chi connectivity index (χ2n) is 5.96. The molecule has 1 aromatic heterocycles. The molecule has 128 valence electrons. The molecule has 0 aliphatic heterocycles. The Kier molecular flexibility index (Phi) is 4.93. The minimum Gasteiger partial charge on any atom is -0.345 e. The van der Waals surface area contributed by atoms with E-state index in [9.17, 15) is 9.18 Å². The molecule has 0 fully saturated rings. The van der Waals surface area contributed by atoms with E-state index >= 15 is 0 Å². The van der Waals surface area contributed by atoms with Crippen LogP contribution in [0.3, 0.4) is 0 Å². The Balaban J connectivity index is 1.78. The van der Waals surface area contributed by atoms with E-state index in [1.807, 2.05) is 31.2 Å². The van der Waals surface area contributed by atoms with Crippen molar-refractivity contribution < 1.29 is 9.18 Å². The largest absolute Gasteiger partial charge is 0.345 e. The van der Waals surface area contributed by atoms with Crippen LogP contribution in [-0.2, 0) is 6.42 Å². The number of carbonyl (C=O) groups excluding carboxylic acids is 1. The topological polar surface area (TPSA) is 57.8 Å². The highest BCUT2D eigenvalue weighted by molar-refractivity contribution is 5.99. The number of aryl methyl sites for hydroxylation is 1. The molecule has 2 N–H and O–H groups in total. The van der Waals surface area contributed by atoms with Crippen LogP contribution >= 0.6 is 0 Å². The van der Waals surface area contributed by atoms with Gasteiger partial charge in [-0.3, -0.25) is 9.89 Å². The molecule has 0 aliphatic carbocycles. The lowest BCUT2D eigenvalue weighted by atomic mass is 10.0. The summed E-state index contributed by atoms with van der Waals surface area (Å²) in [7, 11) is 0. The van der Waals surface area contributed by atoms with Gasteiger partial charge in [0.25, 0.3) is 5.91 Å². The molecule has 25 heavy (non-hydrogen) atoms. The van der Waals surface area contributed by atoms with Crippen molar-refractivity contribution in [3.8, 4) is 11.3 Å². The second-order valence-corrected chi connectivity index (χ2v) is 5.96. The molecule has 0 radical (unpaired) electrons. The van der Waals surface area contributed by atoms with Crippen molar-refractivity contribution in [3.05, 3.63) is 77.2 Å². The quantitative estimate of drug-likeness (QED) is 0.730. The molecular weight excluding hydrogens is 317 g/mol. The minimum atomic E-state index is -0.296. The fraction of sp³-hybridized carbons (Fsp3) is 0.200. The van der Waals surface area contributed by atoms with E-state index in [1.165, 1.54) is 23.9 Å². The number of carbonyl (C=O) groups is 1. The smallest absolute Gasteiger partial charge is 0.255 e. The Labute approximate surface area is 146 Å². The molecule has 0 saturated carbocycles. The van der Waals surface area contributed by atoms with E-state index in [0.717, 1.165) is 17.5 Å². The zero-order chi connectivity index (χ0) is 17.8. The highest BCUT2D eigenvalue weighted by atomic mass is 19.1. The van der Waals surface area contributed by atoms with Crippen LogP contribution < -0.4 is 5.32 Å². The van der Waals surface area contributed by atoms with Gasteiger partial charge in [-0.1, -0.05) is 43.3 Å². The number of H-pyrrole nitrogens is 1. The Bertz CT molecular complexity index is 853. The summed E-state index contributed by atoms with van der Waals surface area (Å²) in [6.45, 7) is 3.96. The van der Waals surface area contributed by atoms with E-state index in [2.05, 4.69) is 22.4 Å². The van der Waals surface area contributed by atoms with Gasteiger partial charge in [0.15, 0.2) is 0 Å². The predicted molar refractivity (Wildman–Crippen MR) is 95.7 cm³/mol. The van der Waals surface area contributed by atoms with Crippen molar-refractivity contribution in [1.29, 1.82) is 0 Å². The fourth-order valence-electron chi connectivity index (χ4n) is 2.69. The molecule has 0 aliphatic rings. The molecule has 0 spiro atoms. The number of nitrogens with zero attached hydrogens (tertiary/aromatic N) is 1. The lowest BCUT2D eigenvalue weighted by Gasteiger charge is -2.14. The van der Waals surface area contributed by atoms with Gasteiger partial charge in [-0.25, -0.2) is 4.39 Å². The van der Waals surface area contributed by atoms with Gasteiger partial charge in [-0.05, 0) is 36.6 Å². The molecule has 3 rings (SSSR count). The maximum atomic E-state index is 13.0. The van der Waals surface area contributed by atoms with Crippen LogP contribution in [0.4, 0.5) is 4.39 Å². The zero-order valence-corrected chi connectivity index (χ0v) is 14.2. The summed E-state index contributed by atoms with van der Waals surface area (Å²) in [6, 6.07) is 13.9. The van der Waals surface area contributed by atoms with E-state index < -0.39 is 0 Å². The number of hydrogen-bond acceptors (Lipinski definition) is 2. The van der Waals surface area contributed by atoms with Crippen LogP contribution in [-0.4, -0.2) is 16.1 Å². The highest BCUT2D eigenvalue weighted by Gasteiger charge is 2.17. The lowest BCUT2D eigenvalue weighted by molar-refractivity contribution is 0.0940. The molecule has 0 saturated heterocycles. The number of rotatable bonds is 5. The first-order chi connectivity index (χ1) is 12.1. The van der Waals surface area contributed by atoms with Gasteiger partial charge >= 0.3 is 0 Å². The van der Waals surface area contributed by atoms with Gasteiger partial charge in [0, 0.05) is 5.56 Å². The van der Waals surface area contributed by atoms with Crippen molar-refractivity contribution in [2.75, 3.05) is 0 Å². The van der Waals surface area contributed by atoms with Crippen molar-refractivity contribution in [2.45, 2.75) is 26.3 Å². The standard InChI is InChI=1S/C20H20FN3O/c1-3-14-4-6-16(7-5-14)19-18(12-22-24-19)20(25)23-13(2)15-8-10-17(21)11-9-15/h4-13H,3H2,1-2H3,(H,22,24)(H,23,25)/t13-/m1/s1. The van der Waals surface area contributed by atoms with Crippen LogP contribution in [0, 0.1) is 5.82 Å². The summed E-state index contributed by atoms with van der Waals surface area (Å²) >= 11 is 0. The lowest BCUT2D eigenvalue weighted by Crippen LogP contribution is -2.26. The van der Waals surface area contributed by atoms with Crippen LogP contribution in [0.1, 0.15) is 41.4 Å². The average molecular weight is 337 g/mol. The Morgan fingerprint density at radius 1 is 1.16 bits per heavy atom. The number of aromatic nitrogens is 2. The summed E-state index contributed by atoms with van der Waals surface area (Å²) in [5.74, 6) is -0.518. The van der Waals surface area contributed by atoms with Crippen molar-refractivity contribution in [3.63, 3.8) is 0 Å². The zero-order valence-electron chi connectivity index (χ0n) is 14.2. The van der Waals surface area contributed by atoms with Crippen LogP contribution in [0.2, 0.25) is 0 Å². The van der Waals surface area contributed by atoms with Gasteiger partial charge in [-0.2, -0.15) is 5.10 Å². The number of benzene rings is 2. The summed E-state index contributed by atoms with van der Waals surface area (Å²) in [6.07, 6.45) is 2.49. The molecule has 0 bridgehead atoms. The molecule has 3 aromatic rings. The summed E-state index contributed by atoms with van der Waals surface area (Å²) in [5, 5.41) is 9.85. The number of hydrogen-bond donors (Lipinski definition) is 2. The molecule has 4 nitrogen and oxygen atoms in total. The van der Waals surface area contributed by atoms with E-state index in [-0.39, 0.29) is 17.8 Å².